The first kappa shape index (κ1) is 18.4. The predicted molar refractivity (Wildman–Crippen MR) is 95.1 cm³/mol. The summed E-state index contributed by atoms with van der Waals surface area (Å²) in [5.41, 5.74) is 0.0278. The van der Waals surface area contributed by atoms with Crippen LogP contribution in [0.4, 0.5) is 4.39 Å². The number of hydrogen-bond acceptors (Lipinski definition) is 6. The Morgan fingerprint density at radius 1 is 1.22 bits per heavy atom. The van der Waals surface area contributed by atoms with E-state index in [2.05, 4.69) is 5.32 Å². The molecule has 3 rings (SSSR count). The third-order valence-electron chi connectivity index (χ3n) is 4.22. The van der Waals surface area contributed by atoms with E-state index in [0.717, 1.165) is 12.3 Å². The Balaban J connectivity index is 2.14. The van der Waals surface area contributed by atoms with Crippen molar-refractivity contribution in [2.45, 2.75) is 19.5 Å². The van der Waals surface area contributed by atoms with E-state index in [9.17, 15) is 24.2 Å². The van der Waals surface area contributed by atoms with Crippen molar-refractivity contribution in [1.82, 2.24) is 5.32 Å². The van der Waals surface area contributed by atoms with Gasteiger partial charge in [0.1, 0.15) is 40.6 Å². The Kier molecular flexibility index (Phi) is 4.83. The highest BCUT2D eigenvalue weighted by Crippen LogP contribution is 2.34. The summed E-state index contributed by atoms with van der Waals surface area (Å²) in [6.45, 7) is 1.32. The van der Waals surface area contributed by atoms with Crippen molar-refractivity contribution in [3.63, 3.8) is 0 Å². The van der Waals surface area contributed by atoms with Crippen LogP contribution >= 0.6 is 0 Å². The molecule has 27 heavy (non-hydrogen) atoms. The third-order valence-corrected chi connectivity index (χ3v) is 4.22. The first-order valence-electron chi connectivity index (χ1n) is 8.01. The molecule has 1 heterocycles. The average molecular weight is 373 g/mol. The van der Waals surface area contributed by atoms with E-state index in [-0.39, 0.29) is 34.4 Å². The summed E-state index contributed by atoms with van der Waals surface area (Å²) < 4.78 is 18.6. The monoisotopic (exact) mass is 373 g/mol. The number of fused-ring (bicyclic) bond motifs is 1. The normalized spacial score (nSPS) is 12.2. The minimum Gasteiger partial charge on any atom is -0.507 e. The second kappa shape index (κ2) is 7.08. The molecule has 0 aliphatic carbocycles. The molecule has 140 valence electrons. The lowest BCUT2D eigenvalue weighted by Crippen LogP contribution is -2.33. The van der Waals surface area contributed by atoms with Crippen LogP contribution in [0.25, 0.3) is 22.1 Å². The van der Waals surface area contributed by atoms with Gasteiger partial charge in [-0.3, -0.25) is 9.59 Å². The zero-order chi connectivity index (χ0) is 19.7. The summed E-state index contributed by atoms with van der Waals surface area (Å²) in [5.74, 6) is -2.37. The summed E-state index contributed by atoms with van der Waals surface area (Å²) in [4.78, 5) is 23.8. The first-order valence-corrected chi connectivity index (χ1v) is 8.01. The number of aliphatic carboxylic acids is 1. The summed E-state index contributed by atoms with van der Waals surface area (Å²) in [5, 5.41) is 31.7. The van der Waals surface area contributed by atoms with Crippen LogP contribution in [0.15, 0.2) is 45.8 Å². The number of nitrogens with one attached hydrogen (secondary N) is 1. The lowest BCUT2D eigenvalue weighted by molar-refractivity contribution is -0.139. The van der Waals surface area contributed by atoms with Gasteiger partial charge in [0.15, 0.2) is 0 Å². The minimum absolute atomic E-state index is 0.0616. The van der Waals surface area contributed by atoms with Crippen molar-refractivity contribution in [1.29, 1.82) is 0 Å². The number of carbonyl (C=O) groups is 1. The maximum absolute atomic E-state index is 13.1. The van der Waals surface area contributed by atoms with Crippen LogP contribution in [0.1, 0.15) is 12.5 Å². The lowest BCUT2D eigenvalue weighted by atomic mass is 10.0. The fourth-order valence-corrected chi connectivity index (χ4v) is 2.67. The number of phenolic OH excluding ortho intramolecular Hbond substituents is 2. The topological polar surface area (TPSA) is 120 Å². The molecule has 1 atom stereocenters. The highest BCUT2D eigenvalue weighted by atomic mass is 19.1. The molecule has 2 aromatic carbocycles. The van der Waals surface area contributed by atoms with E-state index in [1.165, 1.54) is 31.2 Å². The van der Waals surface area contributed by atoms with Crippen LogP contribution in [-0.4, -0.2) is 27.3 Å². The van der Waals surface area contributed by atoms with Gasteiger partial charge in [0.05, 0.1) is 11.1 Å². The van der Waals surface area contributed by atoms with Crippen LogP contribution in [0, 0.1) is 5.82 Å². The van der Waals surface area contributed by atoms with Crippen molar-refractivity contribution in [3.05, 3.63) is 58.2 Å². The molecule has 0 saturated heterocycles. The predicted octanol–water partition coefficient (Wildman–Crippen LogP) is 2.57. The van der Waals surface area contributed by atoms with Crippen molar-refractivity contribution < 1.29 is 28.9 Å². The molecule has 0 aliphatic heterocycles. The standard InChI is InChI=1S/C19H16FNO6/c1-9(19(25)26)21-7-12-14(22)6-15(23)16-17(24)13(8-27-18(12)16)10-2-4-11(20)5-3-10/h2-6,8-9,21-23H,7H2,1H3,(H,25,26). The number of carboxylic acids is 1. The molecule has 0 radical (unpaired) electrons. The van der Waals surface area contributed by atoms with E-state index in [1.807, 2.05) is 0 Å². The molecule has 4 N–H and O–H groups in total. The molecule has 0 bridgehead atoms. The van der Waals surface area contributed by atoms with Gasteiger partial charge in [-0.15, -0.1) is 0 Å². The highest BCUT2D eigenvalue weighted by molar-refractivity contribution is 5.90. The van der Waals surface area contributed by atoms with Gasteiger partial charge in [0.25, 0.3) is 0 Å². The molecule has 0 saturated carbocycles. The van der Waals surface area contributed by atoms with E-state index in [1.54, 1.807) is 0 Å². The molecular weight excluding hydrogens is 357 g/mol. The molecule has 0 spiro atoms. The van der Waals surface area contributed by atoms with Gasteiger partial charge < -0.3 is 25.1 Å². The minimum atomic E-state index is -1.09. The van der Waals surface area contributed by atoms with E-state index in [0.29, 0.717) is 5.56 Å². The maximum atomic E-state index is 13.1. The largest absolute Gasteiger partial charge is 0.507 e. The Morgan fingerprint density at radius 2 is 1.89 bits per heavy atom. The molecule has 0 fully saturated rings. The fourth-order valence-electron chi connectivity index (χ4n) is 2.67. The van der Waals surface area contributed by atoms with Gasteiger partial charge in [-0.25, -0.2) is 4.39 Å². The summed E-state index contributed by atoms with van der Waals surface area (Å²) >= 11 is 0. The van der Waals surface area contributed by atoms with Crippen LogP contribution in [0.3, 0.4) is 0 Å². The zero-order valence-corrected chi connectivity index (χ0v) is 14.2. The van der Waals surface area contributed by atoms with Crippen molar-refractivity contribution >= 4 is 16.9 Å². The van der Waals surface area contributed by atoms with E-state index < -0.39 is 29.0 Å². The highest BCUT2D eigenvalue weighted by Gasteiger charge is 2.20. The van der Waals surface area contributed by atoms with Gasteiger partial charge in [-0.1, -0.05) is 12.1 Å². The maximum Gasteiger partial charge on any atom is 0.320 e. The average Bonchev–Trinajstić information content (AvgIpc) is 2.62. The molecule has 1 unspecified atom stereocenters. The van der Waals surface area contributed by atoms with Crippen LogP contribution in [0.5, 0.6) is 11.5 Å². The van der Waals surface area contributed by atoms with Crippen molar-refractivity contribution in [2.75, 3.05) is 0 Å². The Morgan fingerprint density at radius 3 is 2.52 bits per heavy atom. The van der Waals surface area contributed by atoms with Gasteiger partial charge >= 0.3 is 5.97 Å². The van der Waals surface area contributed by atoms with Crippen LogP contribution in [0.2, 0.25) is 0 Å². The molecule has 0 aliphatic rings. The lowest BCUT2D eigenvalue weighted by Gasteiger charge is -2.13. The van der Waals surface area contributed by atoms with Gasteiger partial charge in [0, 0.05) is 12.6 Å². The number of rotatable bonds is 5. The third kappa shape index (κ3) is 3.47. The zero-order valence-electron chi connectivity index (χ0n) is 14.2. The smallest absolute Gasteiger partial charge is 0.320 e. The quantitative estimate of drug-likeness (QED) is 0.542. The van der Waals surface area contributed by atoms with E-state index >= 15 is 0 Å². The second-order valence-electron chi connectivity index (χ2n) is 6.02. The Bertz CT molecular complexity index is 1070. The molecule has 0 amide bonds. The number of phenols is 2. The first-order chi connectivity index (χ1) is 12.8. The van der Waals surface area contributed by atoms with Crippen LogP contribution in [-0.2, 0) is 11.3 Å². The van der Waals surface area contributed by atoms with Gasteiger partial charge in [-0.05, 0) is 24.6 Å². The van der Waals surface area contributed by atoms with E-state index in [4.69, 9.17) is 9.52 Å². The molecular formula is C19H16FNO6. The number of benzene rings is 2. The molecule has 1 aromatic heterocycles. The Labute approximate surface area is 152 Å². The van der Waals surface area contributed by atoms with Gasteiger partial charge in [-0.2, -0.15) is 0 Å². The van der Waals surface area contributed by atoms with Crippen LogP contribution < -0.4 is 10.7 Å². The molecule has 7 nitrogen and oxygen atoms in total. The van der Waals surface area contributed by atoms with Gasteiger partial charge in [0.2, 0.25) is 5.43 Å². The number of carboxylic acid groups (broad SMARTS) is 1. The number of halogens is 1. The summed E-state index contributed by atoms with van der Waals surface area (Å²) in [7, 11) is 0. The molecule has 3 aromatic rings. The summed E-state index contributed by atoms with van der Waals surface area (Å²) in [6, 6.07) is 5.29. The van der Waals surface area contributed by atoms with Crippen molar-refractivity contribution in [2.24, 2.45) is 0 Å². The second-order valence-corrected chi connectivity index (χ2v) is 6.02. The van der Waals surface area contributed by atoms with Crippen molar-refractivity contribution in [3.8, 4) is 22.6 Å². The number of hydrogen-bond donors (Lipinski definition) is 4. The molecule has 8 heteroatoms. The summed E-state index contributed by atoms with van der Waals surface area (Å²) in [6.07, 6.45) is 1.15. The SMILES string of the molecule is CC(NCc1c(O)cc(O)c2c(=O)c(-c3ccc(F)cc3)coc12)C(=O)O. The number of aromatic hydroxyl groups is 2. The Hall–Kier alpha value is -3.39. The fraction of sp³-hybridized carbons (Fsp3) is 0.158.